The van der Waals surface area contributed by atoms with E-state index in [0.717, 1.165) is 31.2 Å². The number of alkyl halides is 3. The van der Waals surface area contributed by atoms with Crippen LogP contribution in [0.4, 0.5) is 19.1 Å². The van der Waals surface area contributed by atoms with E-state index in [2.05, 4.69) is 20.2 Å². The van der Waals surface area contributed by atoms with Crippen molar-refractivity contribution in [2.75, 3.05) is 18.0 Å². The van der Waals surface area contributed by atoms with Gasteiger partial charge in [0.25, 0.3) is 0 Å². The Hall–Kier alpha value is -3.15. The molecule has 2 aliphatic rings. The van der Waals surface area contributed by atoms with Crippen molar-refractivity contribution in [3.63, 3.8) is 0 Å². The number of nitrogens with zero attached hydrogens (tertiary/aromatic N) is 3. The van der Waals surface area contributed by atoms with Crippen molar-refractivity contribution in [2.45, 2.75) is 37.8 Å². The van der Waals surface area contributed by atoms with Gasteiger partial charge in [0.2, 0.25) is 11.9 Å². The van der Waals surface area contributed by atoms with Gasteiger partial charge in [-0.2, -0.15) is 13.2 Å². The van der Waals surface area contributed by atoms with Crippen LogP contribution in [0.1, 0.15) is 18.6 Å². The number of amides is 1. The zero-order chi connectivity index (χ0) is 22.4. The first kappa shape index (κ1) is 22.5. The zero-order valence-electron chi connectivity index (χ0n) is 16.3. The first-order valence-corrected chi connectivity index (χ1v) is 9.49. The van der Waals surface area contributed by atoms with Crippen LogP contribution in [-0.2, 0) is 20.9 Å². The van der Waals surface area contributed by atoms with E-state index in [1.165, 1.54) is 0 Å². The first-order valence-electron chi connectivity index (χ1n) is 9.49. The fourth-order valence-corrected chi connectivity index (χ4v) is 3.49. The summed E-state index contributed by atoms with van der Waals surface area (Å²) in [6.45, 7) is 2.10. The summed E-state index contributed by atoms with van der Waals surface area (Å²) in [6, 6.07) is 5.47. The number of nitrogens with one attached hydrogen (secondary N) is 1. The maximum absolute atomic E-state index is 12.0. The molecule has 4 heterocycles. The third-order valence-electron chi connectivity index (χ3n) is 4.84. The molecule has 2 aromatic rings. The Kier molecular flexibility index (Phi) is 7.10. The maximum atomic E-state index is 12.0. The predicted molar refractivity (Wildman–Crippen MR) is 99.9 cm³/mol. The zero-order valence-corrected chi connectivity index (χ0v) is 16.3. The van der Waals surface area contributed by atoms with Crippen molar-refractivity contribution in [1.82, 2.24) is 15.3 Å². The second-order valence-electron chi connectivity index (χ2n) is 7.11. The van der Waals surface area contributed by atoms with E-state index < -0.39 is 12.1 Å². The van der Waals surface area contributed by atoms with Crippen molar-refractivity contribution in [2.24, 2.45) is 5.92 Å². The first-order chi connectivity index (χ1) is 14.7. The molecule has 0 unspecified atom stereocenters. The average molecular weight is 442 g/mol. The highest BCUT2D eigenvalue weighted by atomic mass is 19.4. The van der Waals surface area contributed by atoms with Crippen LogP contribution in [-0.4, -0.2) is 58.4 Å². The molecular weight excluding hydrogens is 421 g/mol. The van der Waals surface area contributed by atoms with Crippen LogP contribution in [0.5, 0.6) is 0 Å². The molecule has 0 bridgehead atoms. The van der Waals surface area contributed by atoms with Crippen LogP contribution in [0, 0.1) is 5.92 Å². The number of anilines is 1. The van der Waals surface area contributed by atoms with Gasteiger partial charge in [-0.05, 0) is 24.6 Å². The SMILES string of the molecule is O=C(C[C@H]1C[C@H]2CN(c3ncccn3)C[C@H]2O1)NCc1ccco1.O=C(O)C(F)(F)F. The fraction of sp³-hybridized carbons (Fsp3) is 0.474. The molecule has 12 heteroatoms. The lowest BCUT2D eigenvalue weighted by Crippen LogP contribution is -2.30. The summed E-state index contributed by atoms with van der Waals surface area (Å²) in [5.41, 5.74) is 0. The van der Waals surface area contributed by atoms with Crippen LogP contribution in [0.15, 0.2) is 41.3 Å². The molecule has 2 N–H and O–H groups in total. The number of halogens is 3. The van der Waals surface area contributed by atoms with E-state index in [0.29, 0.717) is 18.9 Å². The molecule has 168 valence electrons. The molecule has 0 radical (unpaired) electrons. The van der Waals surface area contributed by atoms with Crippen molar-refractivity contribution < 1.29 is 37.0 Å². The molecule has 4 rings (SSSR count). The molecule has 9 nitrogen and oxygen atoms in total. The number of carbonyl (C=O) groups excluding carboxylic acids is 1. The summed E-state index contributed by atoms with van der Waals surface area (Å²) in [4.78, 5) is 31.7. The molecule has 0 spiro atoms. The average Bonchev–Trinajstić information content (AvgIpc) is 3.43. The van der Waals surface area contributed by atoms with Gasteiger partial charge in [-0.15, -0.1) is 0 Å². The molecule has 3 atom stereocenters. The molecule has 31 heavy (non-hydrogen) atoms. The van der Waals surface area contributed by atoms with Crippen molar-refractivity contribution >= 4 is 17.8 Å². The molecule has 2 saturated heterocycles. The highest BCUT2D eigenvalue weighted by molar-refractivity contribution is 5.76. The van der Waals surface area contributed by atoms with Gasteiger partial charge in [-0.1, -0.05) is 0 Å². The molecule has 0 aromatic carbocycles. The van der Waals surface area contributed by atoms with Gasteiger partial charge in [0.05, 0.1) is 31.4 Å². The number of carboxylic acids is 1. The predicted octanol–water partition coefficient (Wildman–Crippen LogP) is 2.00. The Bertz CT molecular complexity index is 849. The smallest absolute Gasteiger partial charge is 0.475 e. The minimum atomic E-state index is -5.08. The third kappa shape index (κ3) is 6.41. The van der Waals surface area contributed by atoms with Crippen molar-refractivity contribution in [3.05, 3.63) is 42.6 Å². The summed E-state index contributed by atoms with van der Waals surface area (Å²) >= 11 is 0. The molecule has 2 aromatic heterocycles. The second-order valence-corrected chi connectivity index (χ2v) is 7.11. The van der Waals surface area contributed by atoms with Crippen LogP contribution < -0.4 is 10.2 Å². The molecule has 1 amide bonds. The summed E-state index contributed by atoms with van der Waals surface area (Å²) in [6.07, 6.45) is 1.49. The van der Waals surface area contributed by atoms with Gasteiger partial charge >= 0.3 is 12.1 Å². The van der Waals surface area contributed by atoms with E-state index in [-0.39, 0.29) is 18.1 Å². The topological polar surface area (TPSA) is 118 Å². The lowest BCUT2D eigenvalue weighted by molar-refractivity contribution is -0.192. The molecule has 0 aliphatic carbocycles. The van der Waals surface area contributed by atoms with Crippen LogP contribution in [0.25, 0.3) is 0 Å². The second kappa shape index (κ2) is 9.77. The number of carboxylic acid groups (broad SMARTS) is 1. The lowest BCUT2D eigenvalue weighted by Gasteiger charge is -2.18. The number of ether oxygens (including phenoxy) is 1. The standard InChI is InChI=1S/C17H20N4O3.C2HF3O2/c22-16(20-9-13-3-1-6-23-13)8-14-7-12-10-21(11-15(12)24-14)17-18-4-2-5-19-17;3-2(4,5)1(6)7/h1-6,12,14-15H,7-11H2,(H,20,22);(H,6,7)/t12-,14+,15+;/m0./s1. The number of hydrogen-bond acceptors (Lipinski definition) is 7. The Labute approximate surface area is 175 Å². The van der Waals surface area contributed by atoms with E-state index in [9.17, 15) is 18.0 Å². The number of rotatable bonds is 5. The van der Waals surface area contributed by atoms with Crippen LogP contribution in [0.2, 0.25) is 0 Å². The minimum Gasteiger partial charge on any atom is -0.475 e. The Morgan fingerprint density at radius 2 is 1.94 bits per heavy atom. The number of furan rings is 1. The highest BCUT2D eigenvalue weighted by Gasteiger charge is 2.43. The van der Waals surface area contributed by atoms with E-state index in [1.54, 1.807) is 18.7 Å². The molecular formula is C19H21F3N4O5. The third-order valence-corrected chi connectivity index (χ3v) is 4.84. The van der Waals surface area contributed by atoms with Gasteiger partial charge in [-0.3, -0.25) is 4.79 Å². The number of carbonyl (C=O) groups is 2. The van der Waals surface area contributed by atoms with Gasteiger partial charge < -0.3 is 24.5 Å². The lowest BCUT2D eigenvalue weighted by atomic mass is 10.0. The van der Waals surface area contributed by atoms with Crippen molar-refractivity contribution in [1.29, 1.82) is 0 Å². The number of aromatic nitrogens is 2. The van der Waals surface area contributed by atoms with Gasteiger partial charge in [-0.25, -0.2) is 14.8 Å². The summed E-state index contributed by atoms with van der Waals surface area (Å²) in [5.74, 6) is -0.807. The Morgan fingerprint density at radius 1 is 1.23 bits per heavy atom. The van der Waals surface area contributed by atoms with Gasteiger partial charge in [0.15, 0.2) is 0 Å². The monoisotopic (exact) mass is 442 g/mol. The van der Waals surface area contributed by atoms with Crippen LogP contribution in [0.3, 0.4) is 0 Å². The normalized spacial score (nSPS) is 22.4. The quantitative estimate of drug-likeness (QED) is 0.722. The number of aliphatic carboxylic acids is 1. The van der Waals surface area contributed by atoms with Crippen LogP contribution >= 0.6 is 0 Å². The van der Waals surface area contributed by atoms with Gasteiger partial charge in [0.1, 0.15) is 5.76 Å². The summed E-state index contributed by atoms with van der Waals surface area (Å²) < 4.78 is 43.0. The number of hydrogen-bond donors (Lipinski definition) is 2. The summed E-state index contributed by atoms with van der Waals surface area (Å²) in [7, 11) is 0. The largest absolute Gasteiger partial charge is 0.490 e. The Balaban J connectivity index is 0.000000339. The van der Waals surface area contributed by atoms with Crippen molar-refractivity contribution in [3.8, 4) is 0 Å². The molecule has 2 aliphatic heterocycles. The maximum Gasteiger partial charge on any atom is 0.490 e. The highest BCUT2D eigenvalue weighted by Crippen LogP contribution is 2.35. The van der Waals surface area contributed by atoms with E-state index >= 15 is 0 Å². The Morgan fingerprint density at radius 3 is 2.52 bits per heavy atom. The molecule has 0 saturated carbocycles. The number of fused-ring (bicyclic) bond motifs is 1. The van der Waals surface area contributed by atoms with E-state index in [4.69, 9.17) is 19.1 Å². The molecule has 2 fully saturated rings. The fourth-order valence-electron chi connectivity index (χ4n) is 3.49. The van der Waals surface area contributed by atoms with Gasteiger partial charge in [0, 0.05) is 31.4 Å². The summed E-state index contributed by atoms with van der Waals surface area (Å²) in [5, 5.41) is 9.99. The van der Waals surface area contributed by atoms with E-state index in [1.807, 2.05) is 18.2 Å². The minimum absolute atomic E-state index is 0.000350.